The van der Waals surface area contributed by atoms with Crippen LogP contribution in [0.15, 0.2) is 162 Å². The van der Waals surface area contributed by atoms with Gasteiger partial charge in [0.2, 0.25) is 0 Å². The zero-order valence-electron chi connectivity index (χ0n) is 31.7. The van der Waals surface area contributed by atoms with Gasteiger partial charge in [0.15, 0.2) is 17.5 Å². The highest BCUT2D eigenvalue weighted by atomic mass is 16.3. The zero-order valence-corrected chi connectivity index (χ0v) is 31.7. The first-order chi connectivity index (χ1) is 28.1. The summed E-state index contributed by atoms with van der Waals surface area (Å²) in [6, 6.07) is 56.4. The van der Waals surface area contributed by atoms with Gasteiger partial charge in [-0.1, -0.05) is 121 Å². The minimum atomic E-state index is 0.344. The van der Waals surface area contributed by atoms with Crippen molar-refractivity contribution in [3.8, 4) is 56.4 Å². The van der Waals surface area contributed by atoms with Crippen molar-refractivity contribution in [2.45, 2.75) is 43.9 Å². The number of rotatable bonds is 6. The summed E-state index contributed by atoms with van der Waals surface area (Å²) in [6.45, 7) is 0. The molecule has 2 aromatic heterocycles. The van der Waals surface area contributed by atoms with Gasteiger partial charge in [-0.05, 0) is 137 Å². The van der Waals surface area contributed by atoms with E-state index in [-0.39, 0.29) is 0 Å². The highest BCUT2D eigenvalue weighted by molar-refractivity contribution is 6.05. The number of aromatic nitrogens is 3. The molecule has 4 heteroatoms. The minimum absolute atomic E-state index is 0.344. The molecule has 4 bridgehead atoms. The van der Waals surface area contributed by atoms with Crippen LogP contribution in [0.2, 0.25) is 0 Å². The van der Waals surface area contributed by atoms with Crippen molar-refractivity contribution < 1.29 is 4.42 Å². The molecule has 274 valence electrons. The van der Waals surface area contributed by atoms with Crippen LogP contribution in [0.1, 0.15) is 44.1 Å². The molecule has 0 aliphatic heterocycles. The van der Waals surface area contributed by atoms with Crippen molar-refractivity contribution in [1.82, 2.24) is 15.0 Å². The van der Waals surface area contributed by atoms with Gasteiger partial charge in [0.25, 0.3) is 0 Å². The van der Waals surface area contributed by atoms with Gasteiger partial charge in [-0.15, -0.1) is 0 Å². The summed E-state index contributed by atoms with van der Waals surface area (Å²) in [6.07, 6.45) is 8.40. The zero-order chi connectivity index (χ0) is 37.5. The van der Waals surface area contributed by atoms with E-state index >= 15 is 0 Å². The maximum atomic E-state index is 6.31. The molecule has 4 aliphatic rings. The minimum Gasteiger partial charge on any atom is -0.456 e. The molecule has 0 spiro atoms. The highest BCUT2D eigenvalue weighted by Gasteiger charge is 2.51. The first kappa shape index (κ1) is 32.8. The third kappa shape index (κ3) is 5.69. The fraction of sp³-hybridized carbons (Fsp3) is 0.189. The molecule has 0 saturated heterocycles. The molecule has 7 aromatic carbocycles. The molecule has 4 nitrogen and oxygen atoms in total. The summed E-state index contributed by atoms with van der Waals surface area (Å²) in [5, 5.41) is 4.62. The Hall–Kier alpha value is -6.39. The van der Waals surface area contributed by atoms with Crippen molar-refractivity contribution in [1.29, 1.82) is 0 Å². The Morgan fingerprint density at radius 1 is 0.386 bits per heavy atom. The van der Waals surface area contributed by atoms with Gasteiger partial charge in [0.05, 0.1) is 0 Å². The average molecular weight is 736 g/mol. The van der Waals surface area contributed by atoms with Crippen LogP contribution in [-0.4, -0.2) is 15.0 Å². The van der Waals surface area contributed by atoms with Gasteiger partial charge < -0.3 is 4.42 Å². The number of furan rings is 1. The highest BCUT2D eigenvalue weighted by Crippen LogP contribution is 2.60. The van der Waals surface area contributed by atoms with Gasteiger partial charge in [0, 0.05) is 27.5 Å². The van der Waals surface area contributed by atoms with E-state index in [0.717, 1.165) is 67.5 Å². The molecule has 13 rings (SSSR count). The van der Waals surface area contributed by atoms with E-state index < -0.39 is 0 Å². The van der Waals surface area contributed by atoms with Crippen molar-refractivity contribution in [3.63, 3.8) is 0 Å². The number of hydrogen-bond donors (Lipinski definition) is 0. The van der Waals surface area contributed by atoms with Gasteiger partial charge in [0.1, 0.15) is 11.2 Å². The van der Waals surface area contributed by atoms with Crippen LogP contribution in [0.4, 0.5) is 0 Å². The first-order valence-corrected chi connectivity index (χ1v) is 20.6. The summed E-state index contributed by atoms with van der Waals surface area (Å²) in [5.41, 5.74) is 11.1. The number of nitrogens with zero attached hydrogens (tertiary/aromatic N) is 3. The Morgan fingerprint density at radius 2 is 0.912 bits per heavy atom. The van der Waals surface area contributed by atoms with Crippen molar-refractivity contribution in [2.24, 2.45) is 17.8 Å². The predicted molar refractivity (Wildman–Crippen MR) is 232 cm³/mol. The van der Waals surface area contributed by atoms with E-state index in [1.54, 1.807) is 0 Å². The van der Waals surface area contributed by atoms with Crippen molar-refractivity contribution in [3.05, 3.63) is 163 Å². The number of hydrogen-bond acceptors (Lipinski definition) is 4. The Morgan fingerprint density at radius 3 is 1.63 bits per heavy atom. The molecule has 9 aromatic rings. The molecule has 0 unspecified atom stereocenters. The smallest absolute Gasteiger partial charge is 0.164 e. The summed E-state index contributed by atoms with van der Waals surface area (Å²) < 4.78 is 6.31. The fourth-order valence-corrected chi connectivity index (χ4v) is 11.1. The number of benzene rings is 7. The van der Waals surface area contributed by atoms with E-state index in [9.17, 15) is 0 Å². The van der Waals surface area contributed by atoms with Crippen LogP contribution in [0, 0.1) is 17.8 Å². The molecule has 2 heterocycles. The first-order valence-electron chi connectivity index (χ1n) is 20.6. The van der Waals surface area contributed by atoms with E-state index in [2.05, 4.69) is 146 Å². The second kappa shape index (κ2) is 12.8. The molecule has 0 atom stereocenters. The molecular formula is C53H41N3O. The lowest BCUT2D eigenvalue weighted by Crippen LogP contribution is -2.48. The van der Waals surface area contributed by atoms with Crippen molar-refractivity contribution in [2.75, 3.05) is 0 Å². The predicted octanol–water partition coefficient (Wildman–Crippen LogP) is 13.7. The fourth-order valence-electron chi connectivity index (χ4n) is 11.1. The molecule has 0 radical (unpaired) electrons. The van der Waals surface area contributed by atoms with E-state index in [4.69, 9.17) is 19.4 Å². The maximum absolute atomic E-state index is 6.31. The largest absolute Gasteiger partial charge is 0.456 e. The van der Waals surface area contributed by atoms with Crippen LogP contribution >= 0.6 is 0 Å². The normalized spacial score (nSPS) is 21.2. The van der Waals surface area contributed by atoms with Crippen LogP contribution in [0.5, 0.6) is 0 Å². The van der Waals surface area contributed by atoms with Crippen LogP contribution < -0.4 is 0 Å². The van der Waals surface area contributed by atoms with Crippen LogP contribution in [0.25, 0.3) is 89.1 Å². The Labute approximate surface area is 332 Å². The van der Waals surface area contributed by atoms with Crippen molar-refractivity contribution >= 4 is 32.7 Å². The summed E-state index contributed by atoms with van der Waals surface area (Å²) in [4.78, 5) is 15.5. The monoisotopic (exact) mass is 735 g/mol. The number of para-hydroxylation sites is 1. The van der Waals surface area contributed by atoms with Gasteiger partial charge in [-0.3, -0.25) is 0 Å². The van der Waals surface area contributed by atoms with Gasteiger partial charge >= 0.3 is 0 Å². The van der Waals surface area contributed by atoms with E-state index in [0.29, 0.717) is 22.9 Å². The molecule has 0 N–H and O–H groups in total. The Balaban J connectivity index is 0.950. The summed E-state index contributed by atoms with van der Waals surface area (Å²) in [5.74, 6) is 4.69. The third-order valence-electron chi connectivity index (χ3n) is 13.5. The second-order valence-corrected chi connectivity index (χ2v) is 17.1. The molecule has 4 fully saturated rings. The Kier molecular flexibility index (Phi) is 7.38. The lowest BCUT2D eigenvalue weighted by atomic mass is 9.48. The molecular weight excluding hydrogens is 695 g/mol. The van der Waals surface area contributed by atoms with E-state index in [1.165, 1.54) is 66.0 Å². The summed E-state index contributed by atoms with van der Waals surface area (Å²) >= 11 is 0. The SMILES string of the molecule is c1ccc(-c2ccc3ccc(-c4cccc(-c5nc(-c6ccc(C78CC9CC(CC(C9)C7)C8)cc6)nc(-c6ccc7c(c6)oc6ccccc67)n5)c4)cc3c2)cc1. The number of fused-ring (bicyclic) bond motifs is 4. The average Bonchev–Trinajstić information content (AvgIpc) is 3.64. The topological polar surface area (TPSA) is 51.8 Å². The summed E-state index contributed by atoms with van der Waals surface area (Å²) in [7, 11) is 0. The van der Waals surface area contributed by atoms with E-state index in [1.807, 2.05) is 12.1 Å². The Bertz CT molecular complexity index is 2960. The lowest BCUT2D eigenvalue weighted by Gasteiger charge is -2.57. The quantitative estimate of drug-likeness (QED) is 0.171. The van der Waals surface area contributed by atoms with Crippen LogP contribution in [0.3, 0.4) is 0 Å². The van der Waals surface area contributed by atoms with Gasteiger partial charge in [-0.25, -0.2) is 15.0 Å². The van der Waals surface area contributed by atoms with Gasteiger partial charge in [-0.2, -0.15) is 0 Å². The molecule has 4 aliphatic carbocycles. The second-order valence-electron chi connectivity index (χ2n) is 17.1. The molecule has 57 heavy (non-hydrogen) atoms. The van der Waals surface area contributed by atoms with Crippen LogP contribution in [-0.2, 0) is 5.41 Å². The lowest BCUT2D eigenvalue weighted by molar-refractivity contribution is -0.00518. The third-order valence-corrected chi connectivity index (χ3v) is 13.5. The maximum Gasteiger partial charge on any atom is 0.164 e. The molecule has 4 saturated carbocycles. The standard InChI is InChI=1S/C53H41N3O/c1-2-7-36(8-3-1)40-15-13-37-14-16-41(28-44(37)27-40)39-9-6-10-42(26-39)51-54-50(38-17-20-45(21-18-38)53-30-33-23-34(31-53)25-35(24-33)32-53)55-52(56-51)43-19-22-47-46-11-4-5-12-48(46)57-49(47)29-43/h1-22,26-29,33-35H,23-25,30-32H2. The molecule has 0 amide bonds.